The predicted molar refractivity (Wildman–Crippen MR) is 228 cm³/mol. The summed E-state index contributed by atoms with van der Waals surface area (Å²) in [7, 11) is -13.1. The summed E-state index contributed by atoms with van der Waals surface area (Å²) in [5.41, 5.74) is 0. The molecule has 0 spiro atoms. The van der Waals surface area contributed by atoms with Gasteiger partial charge in [-0.25, -0.2) is 9.98 Å². The molecule has 296 valence electrons. The molecule has 0 unspecified atom stereocenters. The summed E-state index contributed by atoms with van der Waals surface area (Å²) < 4.78 is 62.6. The first-order valence-corrected chi connectivity index (χ1v) is 39.3. The second kappa shape index (κ2) is 18.7. The lowest BCUT2D eigenvalue weighted by atomic mass is 9.97. The fraction of sp³-hybridized carbons (Fsp3) is 0.938. The van der Waals surface area contributed by atoms with Crippen molar-refractivity contribution in [2.45, 2.75) is 179 Å². The number of aliphatic imine (C=N–C) groups is 2. The summed E-state index contributed by atoms with van der Waals surface area (Å²) in [5.74, 6) is 0. The molecular formula is C32H68N2O9S2Si6. The highest BCUT2D eigenvalue weighted by Crippen LogP contribution is 2.39. The molecule has 11 nitrogen and oxygen atoms in total. The van der Waals surface area contributed by atoms with Crippen molar-refractivity contribution >= 4 is 84.7 Å². The van der Waals surface area contributed by atoms with Gasteiger partial charge in [0.2, 0.25) is 0 Å². The number of hydrogen-bond acceptors (Lipinski definition) is 13. The van der Waals surface area contributed by atoms with Crippen LogP contribution in [0.2, 0.25) is 118 Å². The average Bonchev–Trinajstić information content (AvgIpc) is 2.89. The zero-order valence-corrected chi connectivity index (χ0v) is 42.2. The Hall–Kier alpha value is 0.541. The van der Waals surface area contributed by atoms with Crippen LogP contribution in [0.1, 0.15) is 0 Å². The maximum absolute atomic E-state index is 7.07. The highest BCUT2D eigenvalue weighted by Gasteiger charge is 2.56. The molecule has 2 saturated heterocycles. The molecule has 0 radical (unpaired) electrons. The highest BCUT2D eigenvalue weighted by atomic mass is 32.1. The topological polar surface area (TPSA) is 108 Å². The number of hydrogen-bond donors (Lipinski definition) is 0. The number of ether oxygens (including phenoxy) is 3. The molecule has 0 amide bonds. The Morgan fingerprint density at radius 1 is 0.412 bits per heavy atom. The van der Waals surface area contributed by atoms with E-state index in [1.807, 2.05) is 0 Å². The summed E-state index contributed by atoms with van der Waals surface area (Å²) in [6, 6.07) is 0. The molecule has 0 aromatic rings. The van der Waals surface area contributed by atoms with Gasteiger partial charge in [0.05, 0.1) is 23.4 Å². The molecule has 2 aliphatic heterocycles. The van der Waals surface area contributed by atoms with Gasteiger partial charge < -0.3 is 40.8 Å². The van der Waals surface area contributed by atoms with Crippen molar-refractivity contribution in [1.29, 1.82) is 0 Å². The first kappa shape index (κ1) is 47.7. The molecule has 0 bridgehead atoms. The Bertz CT molecular complexity index is 1130. The van der Waals surface area contributed by atoms with Gasteiger partial charge >= 0.3 is 0 Å². The molecule has 2 fully saturated rings. The van der Waals surface area contributed by atoms with Gasteiger partial charge in [-0.15, -0.1) is 0 Å². The molecule has 0 saturated carbocycles. The minimum absolute atomic E-state index is 0.226. The summed E-state index contributed by atoms with van der Waals surface area (Å²) in [5, 5.41) is 5.03. The van der Waals surface area contributed by atoms with E-state index in [1.54, 1.807) is 0 Å². The molecule has 2 heterocycles. The number of thiocarbonyl (C=S) groups is 2. The van der Waals surface area contributed by atoms with Gasteiger partial charge in [0.1, 0.15) is 48.8 Å². The monoisotopic (exact) mass is 856 g/mol. The summed E-state index contributed by atoms with van der Waals surface area (Å²) in [6.45, 7) is 39.3. The summed E-state index contributed by atoms with van der Waals surface area (Å²) in [4.78, 5) is 8.66. The second-order valence-electron chi connectivity index (χ2n) is 19.3. The van der Waals surface area contributed by atoms with Gasteiger partial charge in [0.15, 0.2) is 62.5 Å². The lowest BCUT2D eigenvalue weighted by Crippen LogP contribution is -2.69. The highest BCUT2D eigenvalue weighted by molar-refractivity contribution is 7.78. The normalized spacial score (nSPS) is 31.5. The van der Waals surface area contributed by atoms with Crippen molar-refractivity contribution in [3.05, 3.63) is 0 Å². The Morgan fingerprint density at radius 3 is 0.882 bits per heavy atom. The Kier molecular flexibility index (Phi) is 17.4. The number of rotatable bonds is 18. The quantitative estimate of drug-likeness (QED) is 0.0761. The van der Waals surface area contributed by atoms with Crippen LogP contribution in [-0.2, 0) is 40.8 Å². The molecule has 0 aromatic carbocycles. The number of isothiocyanates is 2. The van der Waals surface area contributed by atoms with Crippen LogP contribution in [0.25, 0.3) is 0 Å². The maximum atomic E-state index is 7.07. The first-order valence-electron chi connectivity index (χ1n) is 18.0. The van der Waals surface area contributed by atoms with E-state index < -0.39 is 111 Å². The second-order valence-corrected chi connectivity index (χ2v) is 46.4. The summed E-state index contributed by atoms with van der Waals surface area (Å²) in [6.07, 6.45) is -6.20. The van der Waals surface area contributed by atoms with Gasteiger partial charge in [-0.3, -0.25) is 0 Å². The van der Waals surface area contributed by atoms with E-state index in [0.717, 1.165) is 0 Å². The van der Waals surface area contributed by atoms with E-state index >= 15 is 0 Å². The smallest absolute Gasteiger partial charge is 0.188 e. The predicted octanol–water partition coefficient (Wildman–Crippen LogP) is 7.98. The van der Waals surface area contributed by atoms with E-state index in [-0.39, 0.29) is 13.1 Å². The Balaban J connectivity index is 2.84. The third kappa shape index (κ3) is 17.5. The van der Waals surface area contributed by atoms with E-state index in [4.69, 9.17) is 65.2 Å². The van der Waals surface area contributed by atoms with Crippen molar-refractivity contribution in [3.8, 4) is 0 Å². The molecule has 51 heavy (non-hydrogen) atoms. The van der Waals surface area contributed by atoms with Crippen molar-refractivity contribution in [1.82, 2.24) is 0 Å². The Morgan fingerprint density at radius 2 is 0.647 bits per heavy atom. The lowest BCUT2D eigenvalue weighted by molar-refractivity contribution is -0.363. The first-order chi connectivity index (χ1) is 22.9. The standard InChI is InChI=1S/C32H68N2O9S2Si6/c1-46(2,3)38-25-23(19-33-21-44)35-31(29(42-50(13,14)15)27(25)40-48(7,8)9)37-32-30(43-51(16,17)18)28(41-49(10,11)12)26(39-47(4,5)6)24(36-32)20-34-22-45/h23-32H,19-20H2,1-18H3/t23-,24-,25-,26-,27+,28+,29-,30-,31-,32-/m1/s1. The molecule has 2 aliphatic rings. The minimum atomic E-state index is -2.23. The zero-order chi connectivity index (χ0) is 39.4. The van der Waals surface area contributed by atoms with Gasteiger partial charge in [-0.2, -0.15) is 0 Å². The maximum Gasteiger partial charge on any atom is 0.188 e. The summed E-state index contributed by atoms with van der Waals surface area (Å²) >= 11 is 10.0. The van der Waals surface area contributed by atoms with Gasteiger partial charge in [-0.05, 0) is 142 Å². The molecule has 0 aromatic heterocycles. The van der Waals surface area contributed by atoms with Crippen molar-refractivity contribution in [2.75, 3.05) is 13.1 Å². The fourth-order valence-corrected chi connectivity index (χ4v) is 12.6. The average molecular weight is 858 g/mol. The van der Waals surface area contributed by atoms with Crippen LogP contribution in [0.4, 0.5) is 0 Å². The third-order valence-electron chi connectivity index (χ3n) is 7.06. The van der Waals surface area contributed by atoms with E-state index in [2.05, 4.69) is 138 Å². The van der Waals surface area contributed by atoms with Crippen molar-refractivity contribution in [3.63, 3.8) is 0 Å². The van der Waals surface area contributed by atoms with Crippen LogP contribution >= 0.6 is 24.4 Å². The molecular weight excluding hydrogens is 789 g/mol. The van der Waals surface area contributed by atoms with E-state index in [1.165, 1.54) is 0 Å². The van der Waals surface area contributed by atoms with Gasteiger partial charge in [0, 0.05) is 0 Å². The molecule has 10 atom stereocenters. The van der Waals surface area contributed by atoms with Crippen molar-refractivity contribution < 1.29 is 40.8 Å². The molecule has 0 aliphatic carbocycles. The minimum Gasteiger partial charge on any atom is -0.409 e. The molecule has 2 rings (SSSR count). The molecule has 0 N–H and O–H groups in total. The van der Waals surface area contributed by atoms with Crippen LogP contribution in [0, 0.1) is 0 Å². The molecule has 19 heteroatoms. The van der Waals surface area contributed by atoms with Crippen molar-refractivity contribution in [2.24, 2.45) is 9.98 Å². The Labute approximate surface area is 326 Å². The van der Waals surface area contributed by atoms with E-state index in [0.29, 0.717) is 0 Å². The van der Waals surface area contributed by atoms with Crippen LogP contribution in [0.15, 0.2) is 9.98 Å². The third-order valence-corrected chi connectivity index (χ3v) is 13.2. The van der Waals surface area contributed by atoms with Crippen LogP contribution in [-0.4, -0.2) is 135 Å². The van der Waals surface area contributed by atoms with Gasteiger partial charge in [-0.1, -0.05) is 0 Å². The van der Waals surface area contributed by atoms with Crippen LogP contribution < -0.4 is 0 Å². The van der Waals surface area contributed by atoms with E-state index in [9.17, 15) is 0 Å². The zero-order valence-electron chi connectivity index (χ0n) is 34.6. The number of nitrogens with zero attached hydrogens (tertiary/aromatic N) is 2. The largest absolute Gasteiger partial charge is 0.409 e. The lowest BCUT2D eigenvalue weighted by Gasteiger charge is -2.53. The SMILES string of the molecule is C[Si](C)(C)O[C@@H]1[C@@H](O[Si](C)(C)C)[C@@H](O[C@H]2O[C@H](CN=C=S)[C@@H](O[Si](C)(C)C)[C@H](O[Si](C)(C)C)[C@H]2O[Si](C)(C)C)O[C@H](CN=C=S)[C@H]1O[Si](C)(C)C. The fourth-order valence-electron chi connectivity index (χ4n) is 5.91. The van der Waals surface area contributed by atoms with Gasteiger partial charge in [0.25, 0.3) is 0 Å². The van der Waals surface area contributed by atoms with Crippen LogP contribution in [0.5, 0.6) is 0 Å². The van der Waals surface area contributed by atoms with Crippen LogP contribution in [0.3, 0.4) is 0 Å².